The Morgan fingerprint density at radius 1 is 1.38 bits per heavy atom. The van der Waals surface area contributed by atoms with Crippen molar-refractivity contribution in [1.82, 2.24) is 0 Å². The molecule has 16 heavy (non-hydrogen) atoms. The number of carboxylic acid groups (broad SMARTS) is 1. The van der Waals surface area contributed by atoms with Gasteiger partial charge in [-0.1, -0.05) is 6.07 Å². The van der Waals surface area contributed by atoms with Gasteiger partial charge in [0, 0.05) is 0 Å². The van der Waals surface area contributed by atoms with E-state index in [1.54, 1.807) is 0 Å². The van der Waals surface area contributed by atoms with Crippen molar-refractivity contribution in [2.45, 2.75) is 12.5 Å². The maximum absolute atomic E-state index is 12.4. The SMILES string of the molecule is O=C(O)c1cccc(OC(F)(F)C(F)F)c1. The van der Waals surface area contributed by atoms with Crippen molar-refractivity contribution in [1.29, 1.82) is 0 Å². The fourth-order valence-electron chi connectivity index (χ4n) is 0.894. The summed E-state index contributed by atoms with van der Waals surface area (Å²) in [5.41, 5.74) is -0.331. The molecule has 88 valence electrons. The molecule has 0 aliphatic heterocycles. The first kappa shape index (κ1) is 12.3. The summed E-state index contributed by atoms with van der Waals surface area (Å²) in [6, 6.07) is 3.93. The highest BCUT2D eigenvalue weighted by atomic mass is 19.3. The number of hydrogen-bond acceptors (Lipinski definition) is 2. The zero-order valence-corrected chi connectivity index (χ0v) is 7.66. The zero-order chi connectivity index (χ0) is 12.3. The minimum absolute atomic E-state index is 0.331. The van der Waals surface area contributed by atoms with Crippen LogP contribution in [0.2, 0.25) is 0 Å². The van der Waals surface area contributed by atoms with E-state index in [4.69, 9.17) is 5.11 Å². The molecule has 1 aromatic rings. The first-order chi connectivity index (χ1) is 7.33. The molecule has 0 aromatic heterocycles. The van der Waals surface area contributed by atoms with E-state index in [1.165, 1.54) is 0 Å². The highest BCUT2D eigenvalue weighted by Crippen LogP contribution is 2.27. The molecule has 1 aromatic carbocycles. The molecule has 0 aliphatic carbocycles. The second kappa shape index (κ2) is 4.38. The summed E-state index contributed by atoms with van der Waals surface area (Å²) in [7, 11) is 0. The van der Waals surface area contributed by atoms with Crippen molar-refractivity contribution >= 4 is 5.97 Å². The number of ether oxygens (including phenoxy) is 1. The number of halogens is 4. The average molecular weight is 238 g/mol. The van der Waals surface area contributed by atoms with Crippen LogP contribution in [0.25, 0.3) is 0 Å². The number of hydrogen-bond donors (Lipinski definition) is 1. The summed E-state index contributed by atoms with van der Waals surface area (Å²) in [6.07, 6.45) is -8.63. The molecule has 0 bridgehead atoms. The third-order valence-electron chi connectivity index (χ3n) is 1.59. The summed E-state index contributed by atoms with van der Waals surface area (Å²) >= 11 is 0. The molecule has 3 nitrogen and oxygen atoms in total. The lowest BCUT2D eigenvalue weighted by molar-refractivity contribution is -0.253. The van der Waals surface area contributed by atoms with Gasteiger partial charge in [-0.15, -0.1) is 0 Å². The number of alkyl halides is 4. The van der Waals surface area contributed by atoms with Crippen LogP contribution in [-0.4, -0.2) is 23.6 Å². The molecule has 1 N–H and O–H groups in total. The third kappa shape index (κ3) is 2.85. The van der Waals surface area contributed by atoms with E-state index in [0.717, 1.165) is 24.3 Å². The summed E-state index contributed by atoms with van der Waals surface area (Å²) in [5.74, 6) is -2.00. The molecule has 0 saturated heterocycles. The fourth-order valence-corrected chi connectivity index (χ4v) is 0.894. The third-order valence-corrected chi connectivity index (χ3v) is 1.59. The lowest BCUT2D eigenvalue weighted by Crippen LogP contribution is -2.33. The minimum Gasteiger partial charge on any atom is -0.478 e. The maximum Gasteiger partial charge on any atom is 0.461 e. The number of benzene rings is 1. The van der Waals surface area contributed by atoms with Crippen LogP contribution in [0.1, 0.15) is 10.4 Å². The van der Waals surface area contributed by atoms with Gasteiger partial charge in [-0.2, -0.15) is 17.6 Å². The van der Waals surface area contributed by atoms with Crippen molar-refractivity contribution in [2.24, 2.45) is 0 Å². The van der Waals surface area contributed by atoms with Crippen LogP contribution < -0.4 is 4.74 Å². The van der Waals surface area contributed by atoms with Gasteiger partial charge in [0.1, 0.15) is 5.75 Å². The molecule has 0 saturated carbocycles. The van der Waals surface area contributed by atoms with Gasteiger partial charge in [0.15, 0.2) is 0 Å². The Bertz CT molecular complexity index is 392. The van der Waals surface area contributed by atoms with Crippen LogP contribution in [0.4, 0.5) is 17.6 Å². The van der Waals surface area contributed by atoms with Gasteiger partial charge in [-0.3, -0.25) is 0 Å². The van der Waals surface area contributed by atoms with Crippen LogP contribution in [0.3, 0.4) is 0 Å². The largest absolute Gasteiger partial charge is 0.478 e. The number of aromatic carboxylic acids is 1. The van der Waals surface area contributed by atoms with Gasteiger partial charge in [0.25, 0.3) is 0 Å². The van der Waals surface area contributed by atoms with Crippen LogP contribution in [-0.2, 0) is 0 Å². The van der Waals surface area contributed by atoms with E-state index < -0.39 is 24.3 Å². The Kier molecular flexibility index (Phi) is 3.36. The van der Waals surface area contributed by atoms with Crippen LogP contribution in [0, 0.1) is 0 Å². The predicted octanol–water partition coefficient (Wildman–Crippen LogP) is 2.62. The van der Waals surface area contributed by atoms with Gasteiger partial charge in [0.2, 0.25) is 0 Å². The Labute approximate surface area is 87.3 Å². The van der Waals surface area contributed by atoms with E-state index in [9.17, 15) is 22.4 Å². The van der Waals surface area contributed by atoms with Crippen LogP contribution in [0.15, 0.2) is 24.3 Å². The molecule has 0 amide bonds. The Morgan fingerprint density at radius 2 is 2.00 bits per heavy atom. The minimum atomic E-state index is -4.64. The van der Waals surface area contributed by atoms with Crippen molar-refractivity contribution in [3.8, 4) is 5.75 Å². The fraction of sp³-hybridized carbons (Fsp3) is 0.222. The van der Waals surface area contributed by atoms with Gasteiger partial charge < -0.3 is 9.84 Å². The van der Waals surface area contributed by atoms with E-state index in [-0.39, 0.29) is 5.56 Å². The molecule has 0 spiro atoms. The lowest BCUT2D eigenvalue weighted by Gasteiger charge is -2.16. The van der Waals surface area contributed by atoms with Crippen LogP contribution >= 0.6 is 0 Å². The number of carbonyl (C=O) groups is 1. The molecule has 0 unspecified atom stereocenters. The van der Waals surface area contributed by atoms with Gasteiger partial charge >= 0.3 is 18.5 Å². The second-order valence-electron chi connectivity index (χ2n) is 2.80. The Balaban J connectivity index is 2.90. The average Bonchev–Trinajstić information content (AvgIpc) is 2.17. The summed E-state index contributed by atoms with van der Waals surface area (Å²) in [4.78, 5) is 10.5. The predicted molar refractivity (Wildman–Crippen MR) is 45.0 cm³/mol. The molecule has 1 rings (SSSR count). The molecular formula is C9H6F4O3. The Hall–Kier alpha value is -1.79. The standard InChI is InChI=1S/C9H6F4O3/c10-8(11)9(12,13)16-6-3-1-2-5(4-6)7(14)15/h1-4,8H,(H,14,15). The highest BCUT2D eigenvalue weighted by molar-refractivity contribution is 5.87. The van der Waals surface area contributed by atoms with Crippen molar-refractivity contribution in [3.63, 3.8) is 0 Å². The molecule has 0 fully saturated rings. The number of rotatable bonds is 4. The van der Waals surface area contributed by atoms with E-state index >= 15 is 0 Å². The molecule has 7 heteroatoms. The lowest BCUT2D eigenvalue weighted by atomic mass is 10.2. The first-order valence-electron chi connectivity index (χ1n) is 4.01. The van der Waals surface area contributed by atoms with Crippen molar-refractivity contribution < 1.29 is 32.2 Å². The first-order valence-corrected chi connectivity index (χ1v) is 4.01. The second-order valence-corrected chi connectivity index (χ2v) is 2.80. The van der Waals surface area contributed by atoms with Crippen molar-refractivity contribution in [3.05, 3.63) is 29.8 Å². The van der Waals surface area contributed by atoms with E-state index in [0.29, 0.717) is 0 Å². The monoisotopic (exact) mass is 238 g/mol. The van der Waals surface area contributed by atoms with Gasteiger partial charge in [-0.05, 0) is 18.2 Å². The van der Waals surface area contributed by atoms with Gasteiger partial charge in [0.05, 0.1) is 5.56 Å². The summed E-state index contributed by atoms with van der Waals surface area (Å²) in [6.45, 7) is 0. The summed E-state index contributed by atoms with van der Waals surface area (Å²) in [5, 5.41) is 8.53. The zero-order valence-electron chi connectivity index (χ0n) is 7.66. The summed E-state index contributed by atoms with van der Waals surface area (Å²) < 4.78 is 52.1. The van der Waals surface area contributed by atoms with E-state index in [1.807, 2.05) is 0 Å². The smallest absolute Gasteiger partial charge is 0.461 e. The normalized spacial score (nSPS) is 11.6. The molecule has 0 aliphatic rings. The van der Waals surface area contributed by atoms with Gasteiger partial charge in [-0.25, -0.2) is 4.79 Å². The van der Waals surface area contributed by atoms with E-state index in [2.05, 4.69) is 4.74 Å². The van der Waals surface area contributed by atoms with Crippen LogP contribution in [0.5, 0.6) is 5.75 Å². The number of carboxylic acids is 1. The van der Waals surface area contributed by atoms with Crippen molar-refractivity contribution in [2.75, 3.05) is 0 Å². The topological polar surface area (TPSA) is 46.5 Å². The highest BCUT2D eigenvalue weighted by Gasteiger charge is 2.44. The maximum atomic E-state index is 12.4. The molecule has 0 heterocycles. The molecule has 0 atom stereocenters. The molecule has 0 radical (unpaired) electrons. The Morgan fingerprint density at radius 3 is 2.50 bits per heavy atom. The quantitative estimate of drug-likeness (QED) is 0.820. The molecular weight excluding hydrogens is 232 g/mol.